The van der Waals surface area contributed by atoms with Crippen molar-refractivity contribution in [2.45, 2.75) is 16.2 Å². The van der Waals surface area contributed by atoms with Crippen molar-refractivity contribution >= 4 is 57.0 Å². The van der Waals surface area contributed by atoms with E-state index in [9.17, 15) is 23.2 Å². The molecule has 10 heteroatoms. The van der Waals surface area contributed by atoms with E-state index >= 15 is 0 Å². The molecule has 1 amide bonds. The van der Waals surface area contributed by atoms with Crippen LogP contribution in [0.4, 0.5) is 18.9 Å². The first-order valence-corrected chi connectivity index (χ1v) is 10.5. The van der Waals surface area contributed by atoms with Crippen molar-refractivity contribution in [3.63, 3.8) is 0 Å². The van der Waals surface area contributed by atoms with Crippen LogP contribution in [0.15, 0.2) is 79.0 Å². The summed E-state index contributed by atoms with van der Waals surface area (Å²) in [5.74, 6) is -0.639. The van der Waals surface area contributed by atoms with Crippen LogP contribution in [0.1, 0.15) is 11.3 Å². The normalized spacial score (nSPS) is 11.8. The van der Waals surface area contributed by atoms with Crippen LogP contribution in [0.25, 0.3) is 6.08 Å². The number of amides is 1. The van der Waals surface area contributed by atoms with Gasteiger partial charge in [0, 0.05) is 21.7 Å². The minimum absolute atomic E-state index is 0.0828. The first kappa shape index (κ1) is 23.0. The van der Waals surface area contributed by atoms with Crippen LogP contribution in [0, 0.1) is 11.3 Å². The van der Waals surface area contributed by atoms with E-state index in [1.807, 2.05) is 0 Å². The average Bonchev–Trinajstić information content (AvgIpc) is 3.06. The van der Waals surface area contributed by atoms with Gasteiger partial charge in [-0.2, -0.15) is 18.4 Å². The molecule has 3 aromatic rings. The number of hydrogen-bond donors (Lipinski definition) is 1. The highest BCUT2D eigenvalue weighted by Crippen LogP contribution is 2.37. The maximum atomic E-state index is 12.8. The number of hydrogen-bond acceptors (Lipinski definition) is 4. The Labute approximate surface area is 192 Å². The number of carbonyl (C=O) groups is 1. The summed E-state index contributed by atoms with van der Waals surface area (Å²) in [6, 6.07) is 14.5. The van der Waals surface area contributed by atoms with Gasteiger partial charge >= 0.3 is 6.18 Å². The SMILES string of the molecule is N#C/C(=C/c1cc(Br)c(Sc2ccc(Cl)cc2)o1)C(=O)Nc1cccc(C(F)(F)F)c1. The van der Waals surface area contributed by atoms with Gasteiger partial charge in [-0.25, -0.2) is 0 Å². The Kier molecular flexibility index (Phi) is 7.15. The molecule has 0 aliphatic carbocycles. The number of nitrogens with one attached hydrogen (secondary N) is 1. The predicted molar refractivity (Wildman–Crippen MR) is 116 cm³/mol. The van der Waals surface area contributed by atoms with Gasteiger partial charge in [-0.1, -0.05) is 29.4 Å². The van der Waals surface area contributed by atoms with Gasteiger partial charge in [-0.15, -0.1) is 0 Å². The number of nitrogens with zero attached hydrogens (tertiary/aromatic N) is 1. The van der Waals surface area contributed by atoms with Gasteiger partial charge in [0.15, 0.2) is 5.09 Å². The Morgan fingerprint density at radius 2 is 1.90 bits per heavy atom. The highest BCUT2D eigenvalue weighted by atomic mass is 79.9. The standard InChI is InChI=1S/C21H11BrClF3N2O2S/c22-18-10-16(30-20(18)31-17-6-4-14(23)5-7-17)8-12(11-27)19(29)28-15-3-1-2-13(9-15)21(24,25)26/h1-10H,(H,28,29)/b12-8-. The molecule has 1 heterocycles. The van der Waals surface area contributed by atoms with E-state index in [0.717, 1.165) is 23.1 Å². The van der Waals surface area contributed by atoms with E-state index < -0.39 is 17.6 Å². The second-order valence-corrected chi connectivity index (χ2v) is 8.38. The summed E-state index contributed by atoms with van der Waals surface area (Å²) in [6.07, 6.45) is -3.34. The zero-order chi connectivity index (χ0) is 22.6. The number of carbonyl (C=O) groups excluding carboxylic acids is 1. The molecule has 0 atom stereocenters. The Balaban J connectivity index is 1.78. The van der Waals surface area contributed by atoms with E-state index in [0.29, 0.717) is 14.6 Å². The number of anilines is 1. The second-order valence-electron chi connectivity index (χ2n) is 6.04. The summed E-state index contributed by atoms with van der Waals surface area (Å²) < 4.78 is 44.8. The van der Waals surface area contributed by atoms with Crippen molar-refractivity contribution in [2.75, 3.05) is 5.32 Å². The molecule has 2 aromatic carbocycles. The van der Waals surface area contributed by atoms with Crippen molar-refractivity contribution < 1.29 is 22.4 Å². The zero-order valence-electron chi connectivity index (χ0n) is 15.3. The van der Waals surface area contributed by atoms with Gasteiger partial charge in [0.2, 0.25) is 0 Å². The molecule has 4 nitrogen and oxygen atoms in total. The first-order valence-electron chi connectivity index (χ1n) is 8.49. The lowest BCUT2D eigenvalue weighted by Crippen LogP contribution is -2.14. The van der Waals surface area contributed by atoms with Gasteiger partial charge in [0.1, 0.15) is 17.4 Å². The number of nitriles is 1. The molecule has 0 saturated heterocycles. The molecule has 0 radical (unpaired) electrons. The van der Waals surface area contributed by atoms with Gasteiger partial charge in [-0.05, 0) is 64.5 Å². The van der Waals surface area contributed by atoms with Gasteiger partial charge in [0.25, 0.3) is 5.91 Å². The second kappa shape index (κ2) is 9.64. The summed E-state index contributed by atoms with van der Waals surface area (Å²) in [7, 11) is 0. The van der Waals surface area contributed by atoms with Gasteiger partial charge in [-0.3, -0.25) is 4.79 Å². The van der Waals surface area contributed by atoms with Crippen molar-refractivity contribution in [1.29, 1.82) is 5.26 Å². The third-order valence-electron chi connectivity index (χ3n) is 3.80. The number of rotatable bonds is 5. The van der Waals surface area contributed by atoms with Crippen molar-refractivity contribution in [1.82, 2.24) is 0 Å². The monoisotopic (exact) mass is 526 g/mol. The van der Waals surface area contributed by atoms with E-state index in [-0.39, 0.29) is 17.0 Å². The molecule has 1 N–H and O–H groups in total. The van der Waals surface area contributed by atoms with Crippen LogP contribution in [-0.4, -0.2) is 5.91 Å². The van der Waals surface area contributed by atoms with Gasteiger partial charge < -0.3 is 9.73 Å². The third kappa shape index (κ3) is 6.17. The van der Waals surface area contributed by atoms with Crippen LogP contribution in [0.3, 0.4) is 0 Å². The molecule has 0 bridgehead atoms. The van der Waals surface area contributed by atoms with Crippen LogP contribution in [0.2, 0.25) is 5.02 Å². The quantitative estimate of drug-likeness (QED) is 0.277. The minimum Gasteiger partial charge on any atom is -0.449 e. The maximum Gasteiger partial charge on any atom is 0.416 e. The highest BCUT2D eigenvalue weighted by Gasteiger charge is 2.30. The molecule has 0 aliphatic rings. The Morgan fingerprint density at radius 1 is 1.19 bits per heavy atom. The number of halogens is 5. The van der Waals surface area contributed by atoms with E-state index in [1.54, 1.807) is 36.4 Å². The fourth-order valence-corrected chi connectivity index (χ4v) is 3.84. The molecule has 0 fully saturated rings. The number of alkyl halides is 3. The number of benzene rings is 2. The van der Waals surface area contributed by atoms with Gasteiger partial charge in [0.05, 0.1) is 10.0 Å². The zero-order valence-corrected chi connectivity index (χ0v) is 18.5. The largest absolute Gasteiger partial charge is 0.449 e. The topological polar surface area (TPSA) is 66.0 Å². The van der Waals surface area contributed by atoms with E-state index in [2.05, 4.69) is 21.2 Å². The average molecular weight is 528 g/mol. The number of furan rings is 1. The summed E-state index contributed by atoms with van der Waals surface area (Å²) in [5.41, 5.74) is -1.33. The molecule has 158 valence electrons. The molecule has 1 aromatic heterocycles. The lowest BCUT2D eigenvalue weighted by molar-refractivity contribution is -0.137. The van der Waals surface area contributed by atoms with Crippen molar-refractivity contribution in [3.8, 4) is 6.07 Å². The van der Waals surface area contributed by atoms with Crippen LogP contribution >= 0.6 is 39.3 Å². The lowest BCUT2D eigenvalue weighted by atomic mass is 10.1. The molecule has 0 spiro atoms. The van der Waals surface area contributed by atoms with Crippen LogP contribution < -0.4 is 5.32 Å². The minimum atomic E-state index is -4.55. The summed E-state index contributed by atoms with van der Waals surface area (Å²) in [6.45, 7) is 0. The molecular weight excluding hydrogens is 517 g/mol. The molecule has 0 unspecified atom stereocenters. The molecule has 0 aliphatic heterocycles. The summed E-state index contributed by atoms with van der Waals surface area (Å²) in [5, 5.41) is 12.7. The molecular formula is C21H11BrClF3N2O2S. The molecule has 0 saturated carbocycles. The third-order valence-corrected chi connectivity index (χ3v) is 5.90. The maximum absolute atomic E-state index is 12.8. The Hall–Kier alpha value is -2.67. The van der Waals surface area contributed by atoms with E-state index in [1.165, 1.54) is 23.9 Å². The van der Waals surface area contributed by atoms with E-state index in [4.69, 9.17) is 16.0 Å². The smallest absolute Gasteiger partial charge is 0.416 e. The molecule has 3 rings (SSSR count). The summed E-state index contributed by atoms with van der Waals surface area (Å²) in [4.78, 5) is 13.2. The molecule has 31 heavy (non-hydrogen) atoms. The Morgan fingerprint density at radius 3 is 2.55 bits per heavy atom. The highest BCUT2D eigenvalue weighted by molar-refractivity contribution is 9.10. The fraction of sp³-hybridized carbons (Fsp3) is 0.0476. The van der Waals surface area contributed by atoms with Crippen LogP contribution in [-0.2, 0) is 11.0 Å². The van der Waals surface area contributed by atoms with Crippen molar-refractivity contribution in [2.24, 2.45) is 0 Å². The fourth-order valence-electron chi connectivity index (χ4n) is 2.38. The van der Waals surface area contributed by atoms with Crippen molar-refractivity contribution in [3.05, 3.63) is 81.0 Å². The first-order chi connectivity index (χ1) is 14.7. The Bertz CT molecular complexity index is 1180. The van der Waals surface area contributed by atoms with Crippen LogP contribution in [0.5, 0.6) is 0 Å². The lowest BCUT2D eigenvalue weighted by Gasteiger charge is -2.09. The summed E-state index contributed by atoms with van der Waals surface area (Å²) >= 11 is 10.5. The predicted octanol–water partition coefficient (Wildman–Crippen LogP) is 7.41.